The summed E-state index contributed by atoms with van der Waals surface area (Å²) in [7, 11) is 0. The van der Waals surface area contributed by atoms with Gasteiger partial charge in [-0.05, 0) is 23.3 Å². The number of fused-ring (bicyclic) bond motifs is 4. The summed E-state index contributed by atoms with van der Waals surface area (Å²) < 4.78 is 12.8. The van der Waals surface area contributed by atoms with Crippen molar-refractivity contribution in [3.8, 4) is 22.8 Å². The molecule has 6 heteroatoms. The molecular formula is C20H17N3O3. The highest BCUT2D eigenvalue weighted by Crippen LogP contribution is 2.40. The van der Waals surface area contributed by atoms with E-state index in [0.717, 1.165) is 28.3 Å². The zero-order valence-corrected chi connectivity index (χ0v) is 14.0. The lowest BCUT2D eigenvalue weighted by atomic mass is 10.0. The maximum Gasteiger partial charge on any atom is 0.231 e. The van der Waals surface area contributed by atoms with Gasteiger partial charge in [-0.2, -0.15) is 0 Å². The first-order valence-electron chi connectivity index (χ1n) is 8.56. The van der Waals surface area contributed by atoms with E-state index in [9.17, 15) is 4.79 Å². The van der Waals surface area contributed by atoms with E-state index >= 15 is 0 Å². The zero-order chi connectivity index (χ0) is 17.5. The number of nitrogens with one attached hydrogen (secondary N) is 1. The third kappa shape index (κ3) is 2.42. The monoisotopic (exact) mass is 347 g/mol. The van der Waals surface area contributed by atoms with E-state index in [4.69, 9.17) is 9.47 Å². The molecule has 1 N–H and O–H groups in total. The molecule has 1 aromatic heterocycles. The minimum absolute atomic E-state index is 0.00372. The van der Waals surface area contributed by atoms with E-state index in [-0.39, 0.29) is 18.7 Å². The van der Waals surface area contributed by atoms with Gasteiger partial charge in [0.1, 0.15) is 0 Å². The van der Waals surface area contributed by atoms with Gasteiger partial charge in [0.2, 0.25) is 12.7 Å². The molecule has 2 aliphatic rings. The van der Waals surface area contributed by atoms with Crippen LogP contribution in [0.2, 0.25) is 0 Å². The molecule has 6 nitrogen and oxygen atoms in total. The van der Waals surface area contributed by atoms with Crippen molar-refractivity contribution >= 4 is 5.91 Å². The van der Waals surface area contributed by atoms with E-state index < -0.39 is 0 Å². The fourth-order valence-corrected chi connectivity index (χ4v) is 3.64. The van der Waals surface area contributed by atoms with Crippen molar-refractivity contribution < 1.29 is 14.3 Å². The highest BCUT2D eigenvalue weighted by atomic mass is 16.7. The van der Waals surface area contributed by atoms with E-state index in [1.807, 2.05) is 36.5 Å². The third-order valence-corrected chi connectivity index (χ3v) is 4.90. The molecule has 0 spiro atoms. The standard InChI is InChI=1S/C20H17N3O3/c24-20(22-9-13-5-6-18-19(7-13)26-12-25-18)8-16-14-3-1-2-4-15(14)17-10-21-11-23(16)17/h1-7,10-11,16H,8-9,12H2,(H,22,24). The Morgan fingerprint density at radius 1 is 1.19 bits per heavy atom. The normalized spacial score (nSPS) is 16.2. The molecule has 0 fully saturated rings. The number of amides is 1. The first-order chi connectivity index (χ1) is 12.8. The second-order valence-electron chi connectivity index (χ2n) is 6.46. The maximum absolute atomic E-state index is 12.5. The third-order valence-electron chi connectivity index (χ3n) is 4.90. The Labute approximate surface area is 150 Å². The van der Waals surface area contributed by atoms with Crippen LogP contribution >= 0.6 is 0 Å². The Balaban J connectivity index is 1.29. The Morgan fingerprint density at radius 3 is 3.04 bits per heavy atom. The summed E-state index contributed by atoms with van der Waals surface area (Å²) in [4.78, 5) is 16.8. The fraction of sp³-hybridized carbons (Fsp3) is 0.200. The molecular weight excluding hydrogens is 330 g/mol. The molecule has 2 aliphatic heterocycles. The lowest BCUT2D eigenvalue weighted by Gasteiger charge is -2.14. The zero-order valence-electron chi connectivity index (χ0n) is 14.0. The Hall–Kier alpha value is -3.28. The highest BCUT2D eigenvalue weighted by Gasteiger charge is 2.29. The summed E-state index contributed by atoms with van der Waals surface area (Å²) in [5.41, 5.74) is 4.37. The molecule has 0 radical (unpaired) electrons. The number of nitrogens with zero attached hydrogens (tertiary/aromatic N) is 2. The van der Waals surface area contributed by atoms with Gasteiger partial charge in [0.25, 0.3) is 0 Å². The molecule has 26 heavy (non-hydrogen) atoms. The van der Waals surface area contributed by atoms with Crippen molar-refractivity contribution in [2.24, 2.45) is 0 Å². The molecule has 3 heterocycles. The molecule has 0 saturated heterocycles. The van der Waals surface area contributed by atoms with Crippen LogP contribution in [0, 0.1) is 0 Å². The second kappa shape index (κ2) is 5.91. The van der Waals surface area contributed by atoms with Crippen LogP contribution in [0.5, 0.6) is 11.5 Å². The SMILES string of the molecule is O=C(CC1c2ccccc2-c2cncn21)NCc1ccc2c(c1)OCO2. The Morgan fingerprint density at radius 2 is 2.08 bits per heavy atom. The van der Waals surface area contributed by atoms with Crippen LogP contribution in [0.1, 0.15) is 23.6 Å². The van der Waals surface area contributed by atoms with Gasteiger partial charge in [-0.25, -0.2) is 4.98 Å². The number of hydrogen-bond donors (Lipinski definition) is 1. The quantitative estimate of drug-likeness (QED) is 0.788. The van der Waals surface area contributed by atoms with E-state index in [0.29, 0.717) is 13.0 Å². The maximum atomic E-state index is 12.5. The number of imidazole rings is 1. The average molecular weight is 347 g/mol. The van der Waals surface area contributed by atoms with Gasteiger partial charge in [-0.3, -0.25) is 4.79 Å². The number of hydrogen-bond acceptors (Lipinski definition) is 4. The minimum Gasteiger partial charge on any atom is -0.454 e. The van der Waals surface area contributed by atoms with Crippen LogP contribution in [0.4, 0.5) is 0 Å². The smallest absolute Gasteiger partial charge is 0.231 e. The first kappa shape index (κ1) is 15.0. The first-order valence-corrected chi connectivity index (χ1v) is 8.56. The number of ether oxygens (including phenoxy) is 2. The van der Waals surface area contributed by atoms with Crippen LogP contribution in [0.25, 0.3) is 11.3 Å². The summed E-state index contributed by atoms with van der Waals surface area (Å²) in [5.74, 6) is 1.48. The predicted octanol–water partition coefficient (Wildman–Crippen LogP) is 2.89. The molecule has 5 rings (SSSR count). The lowest BCUT2D eigenvalue weighted by molar-refractivity contribution is -0.121. The predicted molar refractivity (Wildman–Crippen MR) is 94.8 cm³/mol. The van der Waals surface area contributed by atoms with Gasteiger partial charge in [0.15, 0.2) is 11.5 Å². The number of benzene rings is 2. The number of carbonyl (C=O) groups excluding carboxylic acids is 1. The molecule has 1 unspecified atom stereocenters. The van der Waals surface area contributed by atoms with Crippen molar-refractivity contribution in [1.29, 1.82) is 0 Å². The highest BCUT2D eigenvalue weighted by molar-refractivity contribution is 5.79. The summed E-state index contributed by atoms with van der Waals surface area (Å²) in [6.45, 7) is 0.708. The van der Waals surface area contributed by atoms with Gasteiger partial charge in [-0.15, -0.1) is 0 Å². The number of aromatic nitrogens is 2. The molecule has 0 bridgehead atoms. The van der Waals surface area contributed by atoms with Crippen molar-refractivity contribution in [2.75, 3.05) is 6.79 Å². The largest absolute Gasteiger partial charge is 0.454 e. The minimum atomic E-state index is -0.0135. The Bertz CT molecular complexity index is 995. The molecule has 0 aliphatic carbocycles. The fourth-order valence-electron chi connectivity index (χ4n) is 3.64. The van der Waals surface area contributed by atoms with Crippen LogP contribution in [0.15, 0.2) is 55.0 Å². The van der Waals surface area contributed by atoms with E-state index in [1.54, 1.807) is 6.33 Å². The summed E-state index contributed by atoms with van der Waals surface area (Å²) in [5, 5.41) is 3.00. The molecule has 2 aromatic carbocycles. The molecule has 3 aromatic rings. The number of rotatable bonds is 4. The topological polar surface area (TPSA) is 65.4 Å². The summed E-state index contributed by atoms with van der Waals surface area (Å²) >= 11 is 0. The van der Waals surface area contributed by atoms with Gasteiger partial charge < -0.3 is 19.4 Å². The Kier molecular flexibility index (Phi) is 3.41. The van der Waals surface area contributed by atoms with E-state index in [1.165, 1.54) is 5.56 Å². The van der Waals surface area contributed by atoms with Crippen LogP contribution in [-0.4, -0.2) is 22.3 Å². The van der Waals surface area contributed by atoms with E-state index in [2.05, 4.69) is 27.0 Å². The van der Waals surface area contributed by atoms with Gasteiger partial charge in [-0.1, -0.05) is 30.3 Å². The van der Waals surface area contributed by atoms with Crippen LogP contribution < -0.4 is 14.8 Å². The summed E-state index contributed by atoms with van der Waals surface area (Å²) in [6, 6.07) is 13.9. The van der Waals surface area contributed by atoms with Gasteiger partial charge in [0, 0.05) is 12.1 Å². The van der Waals surface area contributed by atoms with Gasteiger partial charge in [0.05, 0.1) is 30.7 Å². The van der Waals surface area contributed by atoms with Crippen molar-refractivity contribution in [1.82, 2.24) is 14.9 Å². The van der Waals surface area contributed by atoms with Crippen molar-refractivity contribution in [2.45, 2.75) is 19.0 Å². The molecule has 130 valence electrons. The van der Waals surface area contributed by atoms with Gasteiger partial charge >= 0.3 is 0 Å². The lowest BCUT2D eigenvalue weighted by Crippen LogP contribution is -2.25. The second-order valence-corrected chi connectivity index (χ2v) is 6.46. The number of carbonyl (C=O) groups is 1. The van der Waals surface area contributed by atoms with Crippen LogP contribution in [-0.2, 0) is 11.3 Å². The summed E-state index contributed by atoms with van der Waals surface area (Å²) in [6.07, 6.45) is 4.03. The molecule has 1 amide bonds. The van der Waals surface area contributed by atoms with Crippen molar-refractivity contribution in [3.05, 3.63) is 66.1 Å². The van der Waals surface area contributed by atoms with Crippen LogP contribution in [0.3, 0.4) is 0 Å². The molecule has 1 atom stereocenters. The average Bonchev–Trinajstić information content (AvgIpc) is 3.37. The van der Waals surface area contributed by atoms with Crippen molar-refractivity contribution in [3.63, 3.8) is 0 Å². The molecule has 0 saturated carbocycles.